The highest BCUT2D eigenvalue weighted by molar-refractivity contribution is 5.95. The second-order valence-corrected chi connectivity index (χ2v) is 5.40. The van der Waals surface area contributed by atoms with Gasteiger partial charge in [-0.05, 0) is 24.8 Å². The first-order valence-corrected chi connectivity index (χ1v) is 6.87. The average Bonchev–Trinajstić information content (AvgIpc) is 3.09. The summed E-state index contributed by atoms with van der Waals surface area (Å²) in [6, 6.07) is 10.6. The van der Waals surface area contributed by atoms with Crippen molar-refractivity contribution in [2.24, 2.45) is 5.92 Å². The van der Waals surface area contributed by atoms with Gasteiger partial charge in [-0.25, -0.2) is 9.67 Å². The summed E-state index contributed by atoms with van der Waals surface area (Å²) in [5.74, 6) is 1.71. The maximum Gasteiger partial charge on any atom is 0.217 e. The molecule has 0 bridgehead atoms. The number of hydrogen-bond acceptors (Lipinski definition) is 3. The average molecular weight is 253 g/mol. The van der Waals surface area contributed by atoms with E-state index in [1.165, 1.54) is 5.56 Å². The Bertz CT molecular complexity index is 628. The highest BCUT2D eigenvalue weighted by atomic mass is 16.1. The van der Waals surface area contributed by atoms with E-state index >= 15 is 0 Å². The second-order valence-electron chi connectivity index (χ2n) is 5.40. The Hall–Kier alpha value is -1.97. The Morgan fingerprint density at radius 3 is 2.68 bits per heavy atom. The Morgan fingerprint density at radius 1 is 1.16 bits per heavy atom. The lowest BCUT2D eigenvalue weighted by atomic mass is 10.1. The van der Waals surface area contributed by atoms with E-state index in [-0.39, 0.29) is 17.7 Å². The highest BCUT2D eigenvalue weighted by Crippen LogP contribution is 2.34. The molecule has 4 heteroatoms. The molecule has 96 valence electrons. The van der Waals surface area contributed by atoms with Crippen molar-refractivity contribution in [3.63, 3.8) is 0 Å². The van der Waals surface area contributed by atoms with Gasteiger partial charge in [0, 0.05) is 12.3 Å². The van der Waals surface area contributed by atoms with Crippen LogP contribution in [0.4, 0.5) is 0 Å². The molecule has 0 radical (unpaired) electrons. The summed E-state index contributed by atoms with van der Waals surface area (Å²) in [6.07, 6.45) is 3.94. The predicted molar refractivity (Wildman–Crippen MR) is 70.0 cm³/mol. The van der Waals surface area contributed by atoms with E-state index in [0.29, 0.717) is 5.82 Å². The minimum Gasteiger partial charge on any atom is -0.290 e. The first-order valence-electron chi connectivity index (χ1n) is 6.87. The molecule has 1 aromatic carbocycles. The third-order valence-electron chi connectivity index (χ3n) is 3.99. The number of rotatable bonds is 3. The minimum atomic E-state index is 0.133. The van der Waals surface area contributed by atoms with Gasteiger partial charge in [-0.1, -0.05) is 30.3 Å². The van der Waals surface area contributed by atoms with Crippen LogP contribution in [-0.2, 0) is 6.42 Å². The van der Waals surface area contributed by atoms with Crippen molar-refractivity contribution in [2.45, 2.75) is 31.7 Å². The van der Waals surface area contributed by atoms with Gasteiger partial charge < -0.3 is 0 Å². The van der Waals surface area contributed by atoms with Crippen molar-refractivity contribution in [2.75, 3.05) is 0 Å². The summed E-state index contributed by atoms with van der Waals surface area (Å²) < 4.78 is 1.95. The highest BCUT2D eigenvalue weighted by Gasteiger charge is 2.35. The van der Waals surface area contributed by atoms with Crippen molar-refractivity contribution in [3.8, 4) is 0 Å². The molecule has 19 heavy (non-hydrogen) atoms. The quantitative estimate of drug-likeness (QED) is 0.789. The minimum absolute atomic E-state index is 0.133. The lowest BCUT2D eigenvalue weighted by Gasteiger charge is -2.11. The lowest BCUT2D eigenvalue weighted by Crippen LogP contribution is -2.10. The number of aromatic nitrogens is 3. The van der Waals surface area contributed by atoms with E-state index in [0.717, 1.165) is 31.5 Å². The van der Waals surface area contributed by atoms with Crippen LogP contribution in [0.1, 0.15) is 47.3 Å². The van der Waals surface area contributed by atoms with Gasteiger partial charge in [-0.3, -0.25) is 4.79 Å². The summed E-state index contributed by atoms with van der Waals surface area (Å²) in [7, 11) is 0. The number of fused-ring (bicyclic) bond motifs is 1. The third kappa shape index (κ3) is 1.79. The van der Waals surface area contributed by atoms with Crippen LogP contribution >= 0.6 is 0 Å². The zero-order valence-electron chi connectivity index (χ0n) is 10.6. The molecule has 0 unspecified atom stereocenters. The van der Waals surface area contributed by atoms with Crippen molar-refractivity contribution < 1.29 is 4.79 Å². The molecule has 2 aromatic rings. The second kappa shape index (κ2) is 4.02. The van der Waals surface area contributed by atoms with Crippen LogP contribution in [-0.4, -0.2) is 20.5 Å². The smallest absolute Gasteiger partial charge is 0.217 e. The van der Waals surface area contributed by atoms with E-state index in [9.17, 15) is 4.79 Å². The molecule has 1 aromatic heterocycles. The van der Waals surface area contributed by atoms with E-state index in [2.05, 4.69) is 22.2 Å². The van der Waals surface area contributed by atoms with Gasteiger partial charge in [0.25, 0.3) is 0 Å². The van der Waals surface area contributed by atoms with Crippen LogP contribution in [0, 0.1) is 5.92 Å². The largest absolute Gasteiger partial charge is 0.290 e. The normalized spacial score (nSPS) is 21.4. The molecular weight excluding hydrogens is 238 g/mol. The molecular formula is C15H15N3O. The summed E-state index contributed by atoms with van der Waals surface area (Å²) in [5.41, 5.74) is 1.25. The van der Waals surface area contributed by atoms with Crippen molar-refractivity contribution >= 4 is 5.78 Å². The molecule has 4 rings (SSSR count). The fourth-order valence-electron chi connectivity index (χ4n) is 2.78. The predicted octanol–water partition coefficient (Wildman–Crippen LogP) is 2.41. The molecule has 0 amide bonds. The van der Waals surface area contributed by atoms with Crippen LogP contribution in [0.2, 0.25) is 0 Å². The standard InChI is InChI=1S/C15H15N3O/c19-14(11-6-7-11)15-16-13-9-8-12(18(13)17-15)10-4-2-1-3-5-10/h1-5,11-12H,6-9H2/t12-/m1/s1. The van der Waals surface area contributed by atoms with Crippen molar-refractivity contribution in [1.82, 2.24) is 14.8 Å². The zero-order chi connectivity index (χ0) is 12.8. The van der Waals surface area contributed by atoms with Gasteiger partial charge in [0.15, 0.2) is 0 Å². The number of carbonyl (C=O) groups excluding carboxylic acids is 1. The Kier molecular flexibility index (Phi) is 2.31. The number of nitrogens with zero attached hydrogens (tertiary/aromatic N) is 3. The molecule has 1 saturated carbocycles. The number of hydrogen-bond donors (Lipinski definition) is 0. The monoisotopic (exact) mass is 253 g/mol. The molecule has 2 heterocycles. The SMILES string of the molecule is O=C(c1nc2n(n1)[C@@H](c1ccccc1)CC2)C1CC1. The summed E-state index contributed by atoms with van der Waals surface area (Å²) in [5, 5.41) is 4.47. The van der Waals surface area contributed by atoms with Crippen LogP contribution < -0.4 is 0 Å². The van der Waals surface area contributed by atoms with Crippen LogP contribution in [0.5, 0.6) is 0 Å². The number of benzene rings is 1. The Balaban J connectivity index is 1.68. The van der Waals surface area contributed by atoms with E-state index < -0.39 is 0 Å². The number of Topliss-reactive ketones (excluding diaryl/α,β-unsaturated/α-hetero) is 1. The third-order valence-corrected chi connectivity index (χ3v) is 3.99. The number of carbonyl (C=O) groups is 1. The zero-order valence-corrected chi connectivity index (χ0v) is 10.6. The van der Waals surface area contributed by atoms with Gasteiger partial charge >= 0.3 is 0 Å². The maximum atomic E-state index is 12.0. The summed E-state index contributed by atoms with van der Waals surface area (Å²) in [4.78, 5) is 16.4. The van der Waals surface area contributed by atoms with Crippen LogP contribution in [0.3, 0.4) is 0 Å². The fourth-order valence-corrected chi connectivity index (χ4v) is 2.78. The summed E-state index contributed by atoms with van der Waals surface area (Å²) >= 11 is 0. The first kappa shape index (κ1) is 10.9. The molecule has 2 aliphatic rings. The molecule has 1 aliphatic carbocycles. The molecule has 1 atom stereocenters. The number of aryl methyl sites for hydroxylation is 1. The van der Waals surface area contributed by atoms with Gasteiger partial charge in [0.2, 0.25) is 11.6 Å². The first-order chi connectivity index (χ1) is 9.33. The van der Waals surface area contributed by atoms with E-state index in [1.54, 1.807) is 0 Å². The molecule has 0 N–H and O–H groups in total. The van der Waals surface area contributed by atoms with Gasteiger partial charge in [0.1, 0.15) is 5.82 Å². The van der Waals surface area contributed by atoms with Crippen LogP contribution in [0.25, 0.3) is 0 Å². The lowest BCUT2D eigenvalue weighted by molar-refractivity contribution is 0.0957. The van der Waals surface area contributed by atoms with Crippen molar-refractivity contribution in [3.05, 3.63) is 47.5 Å². The maximum absolute atomic E-state index is 12.0. The molecule has 0 spiro atoms. The Morgan fingerprint density at radius 2 is 1.95 bits per heavy atom. The van der Waals surface area contributed by atoms with Crippen LogP contribution in [0.15, 0.2) is 30.3 Å². The Labute approximate surface area is 111 Å². The van der Waals surface area contributed by atoms with Gasteiger partial charge in [-0.15, -0.1) is 5.10 Å². The fraction of sp³-hybridized carbons (Fsp3) is 0.400. The van der Waals surface area contributed by atoms with Crippen molar-refractivity contribution in [1.29, 1.82) is 0 Å². The van der Waals surface area contributed by atoms with Gasteiger partial charge in [-0.2, -0.15) is 0 Å². The number of ketones is 1. The molecule has 1 fully saturated rings. The molecule has 0 saturated heterocycles. The summed E-state index contributed by atoms with van der Waals surface area (Å²) in [6.45, 7) is 0. The van der Waals surface area contributed by atoms with E-state index in [1.807, 2.05) is 22.9 Å². The molecule has 1 aliphatic heterocycles. The van der Waals surface area contributed by atoms with Gasteiger partial charge in [0.05, 0.1) is 6.04 Å². The topological polar surface area (TPSA) is 47.8 Å². The van der Waals surface area contributed by atoms with E-state index in [4.69, 9.17) is 0 Å². The molecule has 4 nitrogen and oxygen atoms in total.